The summed E-state index contributed by atoms with van der Waals surface area (Å²) in [7, 11) is 0. The Morgan fingerprint density at radius 1 is 1.38 bits per heavy atom. The number of aliphatic hydroxyl groups is 1. The van der Waals surface area contributed by atoms with Gasteiger partial charge < -0.3 is 10.4 Å². The van der Waals surface area contributed by atoms with Gasteiger partial charge in [-0.3, -0.25) is 0 Å². The SMILES string of the molecule is Cc1cc(F)ccc1[C@H]1C=C(CCC(C)(C)CO)CCN1. The molecule has 0 saturated carbocycles. The van der Waals surface area contributed by atoms with Crippen molar-refractivity contribution in [3.8, 4) is 0 Å². The maximum absolute atomic E-state index is 13.2. The Morgan fingerprint density at radius 3 is 2.81 bits per heavy atom. The van der Waals surface area contributed by atoms with Crippen molar-refractivity contribution in [2.75, 3.05) is 13.2 Å². The van der Waals surface area contributed by atoms with Crippen LogP contribution in [-0.2, 0) is 0 Å². The molecule has 1 heterocycles. The predicted molar refractivity (Wildman–Crippen MR) is 84.7 cm³/mol. The average Bonchev–Trinajstić information content (AvgIpc) is 2.46. The Kier molecular flexibility index (Phi) is 5.17. The molecule has 0 bridgehead atoms. The first kappa shape index (κ1) is 16.2. The topological polar surface area (TPSA) is 32.3 Å². The lowest BCUT2D eigenvalue weighted by molar-refractivity contribution is 0.150. The number of nitrogens with one attached hydrogen (secondary N) is 1. The molecule has 3 heteroatoms. The number of halogens is 1. The Hall–Kier alpha value is -1.19. The summed E-state index contributed by atoms with van der Waals surface area (Å²) in [5.41, 5.74) is 3.55. The number of hydrogen-bond acceptors (Lipinski definition) is 2. The van der Waals surface area contributed by atoms with E-state index in [1.165, 1.54) is 11.6 Å². The van der Waals surface area contributed by atoms with Gasteiger partial charge in [0, 0.05) is 6.61 Å². The van der Waals surface area contributed by atoms with E-state index in [9.17, 15) is 9.50 Å². The fourth-order valence-corrected chi connectivity index (χ4v) is 2.74. The lowest BCUT2D eigenvalue weighted by atomic mass is 9.85. The highest BCUT2D eigenvalue weighted by Crippen LogP contribution is 2.30. The van der Waals surface area contributed by atoms with Gasteiger partial charge in [0.2, 0.25) is 0 Å². The van der Waals surface area contributed by atoms with Crippen molar-refractivity contribution in [2.24, 2.45) is 5.41 Å². The van der Waals surface area contributed by atoms with Crippen LogP contribution in [0.2, 0.25) is 0 Å². The van der Waals surface area contributed by atoms with Crippen LogP contribution in [0.4, 0.5) is 4.39 Å². The van der Waals surface area contributed by atoms with E-state index in [-0.39, 0.29) is 23.9 Å². The van der Waals surface area contributed by atoms with Crippen molar-refractivity contribution in [3.63, 3.8) is 0 Å². The normalized spacial score (nSPS) is 19.5. The van der Waals surface area contributed by atoms with E-state index >= 15 is 0 Å². The molecule has 1 aromatic rings. The molecule has 2 rings (SSSR count). The average molecular weight is 291 g/mol. The molecule has 116 valence electrons. The zero-order chi connectivity index (χ0) is 15.5. The Morgan fingerprint density at radius 2 is 2.14 bits per heavy atom. The third kappa shape index (κ3) is 4.39. The summed E-state index contributed by atoms with van der Waals surface area (Å²) in [6.45, 7) is 7.31. The molecule has 0 amide bonds. The van der Waals surface area contributed by atoms with E-state index in [1.54, 1.807) is 6.07 Å². The van der Waals surface area contributed by atoms with Crippen molar-refractivity contribution in [1.29, 1.82) is 0 Å². The monoisotopic (exact) mass is 291 g/mol. The van der Waals surface area contributed by atoms with Gasteiger partial charge in [0.1, 0.15) is 5.82 Å². The molecule has 1 aliphatic heterocycles. The largest absolute Gasteiger partial charge is 0.396 e. The van der Waals surface area contributed by atoms with Crippen LogP contribution in [0, 0.1) is 18.2 Å². The summed E-state index contributed by atoms with van der Waals surface area (Å²) in [5, 5.41) is 12.8. The third-order valence-electron chi connectivity index (χ3n) is 4.33. The van der Waals surface area contributed by atoms with Crippen molar-refractivity contribution in [3.05, 3.63) is 46.8 Å². The third-order valence-corrected chi connectivity index (χ3v) is 4.33. The van der Waals surface area contributed by atoms with Crippen LogP contribution < -0.4 is 5.32 Å². The smallest absolute Gasteiger partial charge is 0.123 e. The summed E-state index contributed by atoms with van der Waals surface area (Å²) < 4.78 is 13.2. The summed E-state index contributed by atoms with van der Waals surface area (Å²) in [5.74, 6) is -0.180. The number of benzene rings is 1. The van der Waals surface area contributed by atoms with E-state index in [0.29, 0.717) is 0 Å². The Bertz CT molecular complexity index is 522. The van der Waals surface area contributed by atoms with E-state index in [0.717, 1.165) is 36.9 Å². The second-order valence-corrected chi connectivity index (χ2v) is 6.83. The van der Waals surface area contributed by atoms with Gasteiger partial charge in [-0.15, -0.1) is 0 Å². The van der Waals surface area contributed by atoms with Gasteiger partial charge >= 0.3 is 0 Å². The van der Waals surface area contributed by atoms with Crippen LogP contribution in [0.3, 0.4) is 0 Å². The Labute approximate surface area is 127 Å². The minimum Gasteiger partial charge on any atom is -0.396 e. The van der Waals surface area contributed by atoms with Crippen LogP contribution in [0.1, 0.15) is 50.3 Å². The van der Waals surface area contributed by atoms with Gasteiger partial charge in [-0.2, -0.15) is 0 Å². The molecular weight excluding hydrogens is 265 g/mol. The van der Waals surface area contributed by atoms with Crippen molar-refractivity contribution in [1.82, 2.24) is 5.32 Å². The molecule has 0 radical (unpaired) electrons. The molecule has 2 N–H and O–H groups in total. The minimum absolute atomic E-state index is 0.0208. The number of rotatable bonds is 5. The van der Waals surface area contributed by atoms with Gasteiger partial charge in [0.05, 0.1) is 6.04 Å². The first-order valence-electron chi connectivity index (χ1n) is 7.71. The highest BCUT2D eigenvalue weighted by atomic mass is 19.1. The maximum Gasteiger partial charge on any atom is 0.123 e. The number of aryl methyl sites for hydroxylation is 1. The lowest BCUT2D eigenvalue weighted by Gasteiger charge is -2.27. The molecule has 21 heavy (non-hydrogen) atoms. The molecule has 0 aromatic heterocycles. The van der Waals surface area contributed by atoms with Crippen molar-refractivity contribution in [2.45, 2.75) is 46.1 Å². The van der Waals surface area contributed by atoms with Gasteiger partial charge in [-0.1, -0.05) is 31.6 Å². The zero-order valence-electron chi connectivity index (χ0n) is 13.2. The number of aliphatic hydroxyl groups excluding tert-OH is 1. The molecule has 0 unspecified atom stereocenters. The van der Waals surface area contributed by atoms with Gasteiger partial charge in [-0.05, 0) is 61.4 Å². The first-order valence-corrected chi connectivity index (χ1v) is 7.71. The molecule has 1 aromatic carbocycles. The molecule has 2 nitrogen and oxygen atoms in total. The maximum atomic E-state index is 13.2. The van der Waals surface area contributed by atoms with E-state index in [2.05, 4.69) is 25.2 Å². The molecule has 0 fully saturated rings. The standard InChI is InChI=1S/C18H26FNO/c1-13-10-15(19)4-5-16(13)17-11-14(7-9-20-17)6-8-18(2,3)12-21/h4-5,10-11,17,20-21H,6-9,12H2,1-3H3/t17-/m1/s1. The van der Waals surface area contributed by atoms with Crippen LogP contribution in [0.5, 0.6) is 0 Å². The summed E-state index contributed by atoms with van der Waals surface area (Å²) >= 11 is 0. The minimum atomic E-state index is -0.180. The fraction of sp³-hybridized carbons (Fsp3) is 0.556. The lowest BCUT2D eigenvalue weighted by Crippen LogP contribution is -2.27. The molecular formula is C18H26FNO. The molecule has 0 spiro atoms. The van der Waals surface area contributed by atoms with Crippen molar-refractivity contribution < 1.29 is 9.50 Å². The molecule has 1 atom stereocenters. The Balaban J connectivity index is 2.09. The van der Waals surface area contributed by atoms with Crippen LogP contribution in [-0.4, -0.2) is 18.3 Å². The van der Waals surface area contributed by atoms with Gasteiger partial charge in [-0.25, -0.2) is 4.39 Å². The van der Waals surface area contributed by atoms with Crippen LogP contribution >= 0.6 is 0 Å². The van der Waals surface area contributed by atoms with Crippen LogP contribution in [0.25, 0.3) is 0 Å². The van der Waals surface area contributed by atoms with Crippen LogP contribution in [0.15, 0.2) is 29.8 Å². The predicted octanol–water partition coefficient (Wildman–Crippen LogP) is 3.89. The quantitative estimate of drug-likeness (QED) is 0.807. The number of hydrogen-bond donors (Lipinski definition) is 2. The highest BCUT2D eigenvalue weighted by molar-refractivity contribution is 5.34. The summed E-state index contributed by atoms with van der Waals surface area (Å²) in [6.07, 6.45) is 5.34. The highest BCUT2D eigenvalue weighted by Gasteiger charge is 2.20. The second kappa shape index (κ2) is 6.71. The van der Waals surface area contributed by atoms with E-state index in [4.69, 9.17) is 0 Å². The van der Waals surface area contributed by atoms with Gasteiger partial charge in [0.25, 0.3) is 0 Å². The van der Waals surface area contributed by atoms with E-state index in [1.807, 2.05) is 13.0 Å². The van der Waals surface area contributed by atoms with E-state index < -0.39 is 0 Å². The molecule has 0 aliphatic carbocycles. The first-order chi connectivity index (χ1) is 9.91. The fourth-order valence-electron chi connectivity index (χ4n) is 2.74. The molecule has 1 aliphatic rings. The van der Waals surface area contributed by atoms with Crippen molar-refractivity contribution >= 4 is 0 Å². The molecule has 0 saturated heterocycles. The van der Waals surface area contributed by atoms with Gasteiger partial charge in [0.15, 0.2) is 0 Å². The second-order valence-electron chi connectivity index (χ2n) is 6.83. The summed E-state index contributed by atoms with van der Waals surface area (Å²) in [6, 6.07) is 5.17. The summed E-state index contributed by atoms with van der Waals surface area (Å²) in [4.78, 5) is 0. The zero-order valence-corrected chi connectivity index (χ0v) is 13.2.